The molecule has 1 aliphatic rings. The van der Waals surface area contributed by atoms with Crippen molar-refractivity contribution in [1.29, 1.82) is 0 Å². The van der Waals surface area contributed by atoms with Crippen molar-refractivity contribution in [3.63, 3.8) is 0 Å². The van der Waals surface area contributed by atoms with E-state index in [-0.39, 0.29) is 18.7 Å². The van der Waals surface area contributed by atoms with Gasteiger partial charge < -0.3 is 4.74 Å². The maximum Gasteiger partial charge on any atom is 0.428 e. The van der Waals surface area contributed by atoms with Crippen LogP contribution in [0.25, 0.3) is 0 Å². The summed E-state index contributed by atoms with van der Waals surface area (Å²) in [6.45, 7) is 0. The number of hydrogen-bond donors (Lipinski definition) is 0. The van der Waals surface area contributed by atoms with Gasteiger partial charge in [0.25, 0.3) is 0 Å². The highest BCUT2D eigenvalue weighted by Crippen LogP contribution is 2.47. The lowest BCUT2D eigenvalue weighted by molar-refractivity contribution is -0.275. The van der Waals surface area contributed by atoms with E-state index in [0.29, 0.717) is 10.9 Å². The van der Waals surface area contributed by atoms with Gasteiger partial charge in [-0.15, -0.1) is 0 Å². The van der Waals surface area contributed by atoms with Crippen LogP contribution in [0.1, 0.15) is 19.3 Å². The lowest BCUT2D eigenvalue weighted by Gasteiger charge is -2.42. The molecule has 1 heterocycles. The Morgan fingerprint density at radius 1 is 1.31 bits per heavy atom. The number of ether oxygens (including phenoxy) is 1. The van der Waals surface area contributed by atoms with Gasteiger partial charge in [-0.2, -0.15) is 13.2 Å². The largest absolute Gasteiger partial charge is 0.461 e. The summed E-state index contributed by atoms with van der Waals surface area (Å²) in [6.07, 6.45) is -2.36. The van der Waals surface area contributed by atoms with Crippen LogP contribution in [0.4, 0.5) is 13.2 Å². The van der Waals surface area contributed by atoms with Gasteiger partial charge in [0, 0.05) is 16.7 Å². The fourth-order valence-corrected chi connectivity index (χ4v) is 1.80. The van der Waals surface area contributed by atoms with E-state index in [1.807, 2.05) is 0 Å². The third-order valence-corrected chi connectivity index (χ3v) is 3.15. The quantitative estimate of drug-likeness (QED) is 0.830. The Morgan fingerprint density at radius 3 is 2.38 bits per heavy atom. The fraction of sp³-hybridized carbons (Fsp3) is 0.500. The molecule has 1 aromatic rings. The van der Waals surface area contributed by atoms with Gasteiger partial charge in [0.1, 0.15) is 0 Å². The smallest absolute Gasteiger partial charge is 0.428 e. The van der Waals surface area contributed by atoms with Gasteiger partial charge in [-0.1, -0.05) is 0 Å². The van der Waals surface area contributed by atoms with Gasteiger partial charge in [0.15, 0.2) is 0 Å². The van der Waals surface area contributed by atoms with Crippen LogP contribution >= 0.6 is 15.9 Å². The zero-order chi connectivity index (χ0) is 11.8. The second-order valence-electron chi connectivity index (χ2n) is 3.76. The van der Waals surface area contributed by atoms with Crippen LogP contribution in [0, 0.1) is 0 Å². The van der Waals surface area contributed by atoms with E-state index in [0.717, 1.165) is 0 Å². The molecule has 6 heteroatoms. The summed E-state index contributed by atoms with van der Waals surface area (Å²) in [5, 5.41) is 0. The average molecular weight is 296 g/mol. The molecular formula is C10H9BrF3NO. The second-order valence-corrected chi connectivity index (χ2v) is 4.68. The van der Waals surface area contributed by atoms with Crippen LogP contribution in [0.2, 0.25) is 0 Å². The average Bonchev–Trinajstić information content (AvgIpc) is 2.12. The molecule has 0 amide bonds. The zero-order valence-electron chi connectivity index (χ0n) is 8.22. The van der Waals surface area contributed by atoms with Gasteiger partial charge in [-0.05, 0) is 41.3 Å². The van der Waals surface area contributed by atoms with Crippen molar-refractivity contribution in [3.8, 4) is 5.88 Å². The molecule has 1 fully saturated rings. The first-order chi connectivity index (χ1) is 7.43. The van der Waals surface area contributed by atoms with Crippen LogP contribution in [0.3, 0.4) is 0 Å². The minimum atomic E-state index is -4.33. The van der Waals surface area contributed by atoms with Crippen molar-refractivity contribution in [2.45, 2.75) is 31.0 Å². The molecule has 2 rings (SSSR count). The summed E-state index contributed by atoms with van der Waals surface area (Å²) in [4.78, 5) is 3.79. The normalized spacial score (nSPS) is 19.0. The van der Waals surface area contributed by atoms with Crippen LogP contribution in [-0.2, 0) is 0 Å². The van der Waals surface area contributed by atoms with E-state index in [9.17, 15) is 13.2 Å². The summed E-state index contributed by atoms with van der Waals surface area (Å²) >= 11 is 3.16. The molecule has 1 aliphatic carbocycles. The van der Waals surface area contributed by atoms with Crippen LogP contribution < -0.4 is 4.74 Å². The second kappa shape index (κ2) is 3.91. The number of pyridine rings is 1. The van der Waals surface area contributed by atoms with Crippen molar-refractivity contribution in [1.82, 2.24) is 4.98 Å². The third-order valence-electron chi connectivity index (χ3n) is 2.68. The first kappa shape index (κ1) is 11.7. The SMILES string of the molecule is FC(F)(F)C1(Oc2ccc(Br)cn2)CCC1. The molecule has 0 atom stereocenters. The Morgan fingerprint density at radius 2 is 2.00 bits per heavy atom. The molecule has 1 aromatic heterocycles. The summed E-state index contributed by atoms with van der Waals surface area (Å²) in [5.74, 6) is 0.0141. The first-order valence-corrected chi connectivity index (χ1v) is 5.60. The molecular weight excluding hydrogens is 287 g/mol. The van der Waals surface area contributed by atoms with Gasteiger partial charge >= 0.3 is 6.18 Å². The monoisotopic (exact) mass is 295 g/mol. The lowest BCUT2D eigenvalue weighted by atomic mass is 9.79. The lowest BCUT2D eigenvalue weighted by Crippen LogP contribution is -2.55. The van der Waals surface area contributed by atoms with E-state index in [1.165, 1.54) is 12.3 Å². The van der Waals surface area contributed by atoms with Crippen LogP contribution in [0.5, 0.6) is 5.88 Å². The molecule has 88 valence electrons. The van der Waals surface area contributed by atoms with Gasteiger partial charge in [-0.25, -0.2) is 4.98 Å². The molecule has 0 spiro atoms. The van der Waals surface area contributed by atoms with Gasteiger partial charge in [0.05, 0.1) is 0 Å². The molecule has 0 aromatic carbocycles. The highest BCUT2D eigenvalue weighted by molar-refractivity contribution is 9.10. The summed E-state index contributed by atoms with van der Waals surface area (Å²) in [7, 11) is 0. The standard InChI is InChI=1S/C10H9BrF3NO/c11-7-2-3-8(15-6-7)16-9(4-1-5-9)10(12,13)14/h2-3,6H,1,4-5H2. The number of nitrogens with zero attached hydrogens (tertiary/aromatic N) is 1. The highest BCUT2D eigenvalue weighted by atomic mass is 79.9. The summed E-state index contributed by atoms with van der Waals surface area (Å²) in [5.41, 5.74) is -2.02. The molecule has 1 saturated carbocycles. The third kappa shape index (κ3) is 2.03. The maximum absolute atomic E-state index is 12.8. The van der Waals surface area contributed by atoms with E-state index >= 15 is 0 Å². The van der Waals surface area contributed by atoms with Crippen molar-refractivity contribution in [3.05, 3.63) is 22.8 Å². The highest BCUT2D eigenvalue weighted by Gasteiger charge is 2.61. The molecule has 0 unspecified atom stereocenters. The number of hydrogen-bond acceptors (Lipinski definition) is 2. The van der Waals surface area contributed by atoms with Crippen LogP contribution in [0.15, 0.2) is 22.8 Å². The number of halogens is 4. The predicted octanol–water partition coefficient (Wildman–Crippen LogP) is 3.71. The molecule has 2 nitrogen and oxygen atoms in total. The maximum atomic E-state index is 12.8. The molecule has 0 aliphatic heterocycles. The minimum absolute atomic E-state index is 0.00818. The van der Waals surface area contributed by atoms with E-state index in [4.69, 9.17) is 4.74 Å². The topological polar surface area (TPSA) is 22.1 Å². The zero-order valence-corrected chi connectivity index (χ0v) is 9.81. The number of rotatable bonds is 2. The van der Waals surface area contributed by atoms with E-state index < -0.39 is 11.8 Å². The molecule has 0 bridgehead atoms. The first-order valence-electron chi connectivity index (χ1n) is 4.80. The van der Waals surface area contributed by atoms with E-state index in [1.54, 1.807) is 6.07 Å². The molecule has 0 N–H and O–H groups in total. The Kier molecular flexibility index (Phi) is 2.86. The van der Waals surface area contributed by atoms with Crippen LogP contribution in [-0.4, -0.2) is 16.8 Å². The Balaban J connectivity index is 2.16. The molecule has 0 radical (unpaired) electrons. The Labute approximate surface area is 98.9 Å². The molecule has 0 saturated heterocycles. The Hall–Kier alpha value is -0.780. The summed E-state index contributed by atoms with van der Waals surface area (Å²) in [6, 6.07) is 3.03. The van der Waals surface area contributed by atoms with Crippen molar-refractivity contribution >= 4 is 15.9 Å². The fourth-order valence-electron chi connectivity index (χ4n) is 1.56. The van der Waals surface area contributed by atoms with Crippen molar-refractivity contribution in [2.75, 3.05) is 0 Å². The van der Waals surface area contributed by atoms with Crippen molar-refractivity contribution < 1.29 is 17.9 Å². The van der Waals surface area contributed by atoms with E-state index in [2.05, 4.69) is 20.9 Å². The predicted molar refractivity (Wildman–Crippen MR) is 55.2 cm³/mol. The molecule has 16 heavy (non-hydrogen) atoms. The number of alkyl halides is 3. The van der Waals surface area contributed by atoms with Gasteiger partial charge in [-0.3, -0.25) is 0 Å². The minimum Gasteiger partial charge on any atom is -0.461 e. The van der Waals surface area contributed by atoms with Gasteiger partial charge in [0.2, 0.25) is 11.5 Å². The number of aromatic nitrogens is 1. The Bertz CT molecular complexity index is 373. The van der Waals surface area contributed by atoms with Crippen molar-refractivity contribution in [2.24, 2.45) is 0 Å². The summed E-state index contributed by atoms with van der Waals surface area (Å²) < 4.78 is 44.0.